The van der Waals surface area contributed by atoms with Crippen molar-refractivity contribution in [1.82, 2.24) is 4.98 Å². The van der Waals surface area contributed by atoms with Gasteiger partial charge in [-0.2, -0.15) is 5.26 Å². The van der Waals surface area contributed by atoms with Crippen LogP contribution in [0.4, 0.5) is 5.82 Å². The number of para-hydroxylation sites is 1. The molecule has 116 valence electrons. The molecular weight excluding hydrogens is 286 g/mol. The largest absolute Gasteiger partial charge is 0.457 e. The van der Waals surface area contributed by atoms with Crippen molar-refractivity contribution in [3.05, 3.63) is 66.4 Å². The predicted molar refractivity (Wildman–Crippen MR) is 93.2 cm³/mol. The Morgan fingerprint density at radius 3 is 2.17 bits per heavy atom. The number of nitriles is 1. The monoisotopic (exact) mass is 305 g/mol. The van der Waals surface area contributed by atoms with Gasteiger partial charge in [0.25, 0.3) is 0 Å². The number of hydrogen-bond donors (Lipinski definition) is 2. The fourth-order valence-corrected chi connectivity index (χ4v) is 2.11. The quantitative estimate of drug-likeness (QED) is 0.718. The maximum Gasteiger partial charge on any atom is 0.127 e. The zero-order valence-electron chi connectivity index (χ0n) is 13.2. The highest BCUT2D eigenvalue weighted by Gasteiger charge is 2.10. The highest BCUT2D eigenvalue weighted by molar-refractivity contribution is 5.76. The van der Waals surface area contributed by atoms with Gasteiger partial charge in [-0.25, -0.2) is 0 Å². The first-order valence-electron chi connectivity index (χ1n) is 7.48. The summed E-state index contributed by atoms with van der Waals surface area (Å²) in [5, 5.41) is 9.12. The highest BCUT2D eigenvalue weighted by atomic mass is 16.5. The molecule has 0 unspecified atom stereocenters. The minimum Gasteiger partial charge on any atom is -0.457 e. The fraction of sp³-hybridized carbons (Fsp3) is 0.105. The Hall–Kier alpha value is -3.19. The predicted octanol–water partition coefficient (Wildman–Crippen LogP) is 4.95. The summed E-state index contributed by atoms with van der Waals surface area (Å²) in [6.45, 7) is 4.00. The number of H-pyrrole nitrogens is 1. The van der Waals surface area contributed by atoms with Crippen LogP contribution >= 0.6 is 0 Å². The van der Waals surface area contributed by atoms with Crippen LogP contribution in [-0.4, -0.2) is 4.98 Å². The van der Waals surface area contributed by atoms with Crippen LogP contribution in [0.5, 0.6) is 11.5 Å². The number of aromatic nitrogens is 1. The Morgan fingerprint density at radius 2 is 1.57 bits per heavy atom. The molecule has 0 radical (unpaired) electrons. The molecule has 1 aromatic heterocycles. The summed E-state index contributed by atoms with van der Waals surface area (Å²) < 4.78 is 5.73. The van der Waals surface area contributed by atoms with Gasteiger partial charge < -0.3 is 15.5 Å². The van der Waals surface area contributed by atoms with Crippen molar-refractivity contribution in [2.45, 2.75) is 13.8 Å². The van der Waals surface area contributed by atoms with Crippen molar-refractivity contribution >= 4 is 5.82 Å². The number of hydrogen-bond acceptors (Lipinski definition) is 3. The van der Waals surface area contributed by atoms with Gasteiger partial charge in [-0.3, -0.25) is 0 Å². The van der Waals surface area contributed by atoms with Crippen molar-refractivity contribution < 1.29 is 4.74 Å². The van der Waals surface area contributed by atoms with Crippen molar-refractivity contribution in [3.63, 3.8) is 0 Å². The molecule has 0 bridgehead atoms. The van der Waals surface area contributed by atoms with Crippen LogP contribution in [0, 0.1) is 11.3 Å². The number of nitrogens with zero attached hydrogens (tertiary/aromatic N) is 1. The van der Waals surface area contributed by atoms with E-state index in [4.69, 9.17) is 15.7 Å². The molecule has 0 fully saturated rings. The lowest BCUT2D eigenvalue weighted by Gasteiger charge is -2.06. The van der Waals surface area contributed by atoms with E-state index in [1.165, 1.54) is 0 Å². The second kappa shape index (κ2) is 7.71. The second-order valence-corrected chi connectivity index (χ2v) is 4.54. The van der Waals surface area contributed by atoms with E-state index in [9.17, 15) is 0 Å². The number of benzene rings is 2. The standard InChI is InChI=1S/C17H13N3O.C2H6/c18-10-15-16(11-20-17(15)19)12-6-8-14(9-7-12)21-13-4-2-1-3-5-13;1-2/h1-9,11,20H,19H2;1-2H3. The summed E-state index contributed by atoms with van der Waals surface area (Å²) in [5.74, 6) is 1.91. The third-order valence-corrected chi connectivity index (χ3v) is 3.17. The van der Waals surface area contributed by atoms with E-state index in [0.29, 0.717) is 11.4 Å². The van der Waals surface area contributed by atoms with Crippen LogP contribution in [0.3, 0.4) is 0 Å². The highest BCUT2D eigenvalue weighted by Crippen LogP contribution is 2.29. The van der Waals surface area contributed by atoms with E-state index in [-0.39, 0.29) is 0 Å². The Morgan fingerprint density at radius 1 is 0.957 bits per heavy atom. The first-order valence-corrected chi connectivity index (χ1v) is 7.48. The van der Waals surface area contributed by atoms with E-state index in [1.807, 2.05) is 68.4 Å². The summed E-state index contributed by atoms with van der Waals surface area (Å²) in [4.78, 5) is 2.87. The minimum atomic E-state index is 0.386. The Bertz CT molecular complexity index is 784. The molecule has 4 heteroatoms. The van der Waals surface area contributed by atoms with Crippen LogP contribution in [0.2, 0.25) is 0 Å². The van der Waals surface area contributed by atoms with Gasteiger partial charge in [0.1, 0.15) is 28.9 Å². The first-order chi connectivity index (χ1) is 11.3. The zero-order chi connectivity index (χ0) is 16.7. The SMILES string of the molecule is CC.N#Cc1c(-c2ccc(Oc3ccccc3)cc2)c[nH]c1N. The molecule has 0 aliphatic rings. The van der Waals surface area contributed by atoms with E-state index >= 15 is 0 Å². The topological polar surface area (TPSA) is 74.8 Å². The zero-order valence-corrected chi connectivity index (χ0v) is 13.2. The number of nitrogens with one attached hydrogen (secondary N) is 1. The van der Waals surface area contributed by atoms with Gasteiger partial charge in [0.2, 0.25) is 0 Å². The first kappa shape index (κ1) is 16.2. The van der Waals surface area contributed by atoms with Gasteiger partial charge in [0, 0.05) is 11.8 Å². The molecule has 1 heterocycles. The molecule has 0 saturated carbocycles. The molecule has 2 aromatic carbocycles. The van der Waals surface area contributed by atoms with E-state index in [0.717, 1.165) is 22.6 Å². The molecule has 0 atom stereocenters. The van der Waals surface area contributed by atoms with Crippen LogP contribution in [-0.2, 0) is 0 Å². The summed E-state index contributed by atoms with van der Waals surface area (Å²) in [5.41, 5.74) is 7.89. The smallest absolute Gasteiger partial charge is 0.127 e. The van der Waals surface area contributed by atoms with Crippen molar-refractivity contribution in [2.75, 3.05) is 5.73 Å². The molecule has 0 spiro atoms. The number of nitrogens with two attached hydrogens (primary N) is 1. The third-order valence-electron chi connectivity index (χ3n) is 3.17. The Balaban J connectivity index is 0.000000924. The van der Waals surface area contributed by atoms with Crippen molar-refractivity contribution in [1.29, 1.82) is 5.26 Å². The molecule has 0 amide bonds. The van der Waals surface area contributed by atoms with Crippen molar-refractivity contribution in [3.8, 4) is 28.7 Å². The second-order valence-electron chi connectivity index (χ2n) is 4.54. The molecule has 0 aliphatic carbocycles. The maximum atomic E-state index is 9.12. The molecule has 4 nitrogen and oxygen atoms in total. The summed E-state index contributed by atoms with van der Waals surface area (Å²) >= 11 is 0. The van der Waals surface area contributed by atoms with E-state index in [1.54, 1.807) is 6.20 Å². The Kier molecular flexibility index (Phi) is 5.43. The summed E-state index contributed by atoms with van der Waals surface area (Å²) in [6, 6.07) is 19.2. The van der Waals surface area contributed by atoms with Gasteiger partial charge in [0.15, 0.2) is 0 Å². The molecule has 3 rings (SSSR count). The van der Waals surface area contributed by atoms with Gasteiger partial charge in [-0.15, -0.1) is 0 Å². The third kappa shape index (κ3) is 3.72. The van der Waals surface area contributed by atoms with Gasteiger partial charge >= 0.3 is 0 Å². The number of rotatable bonds is 3. The van der Waals surface area contributed by atoms with E-state index in [2.05, 4.69) is 11.1 Å². The van der Waals surface area contributed by atoms with Crippen LogP contribution in [0.1, 0.15) is 19.4 Å². The summed E-state index contributed by atoms with van der Waals surface area (Å²) in [7, 11) is 0. The molecule has 0 saturated heterocycles. The lowest BCUT2D eigenvalue weighted by Crippen LogP contribution is -1.88. The van der Waals surface area contributed by atoms with Crippen LogP contribution < -0.4 is 10.5 Å². The lowest BCUT2D eigenvalue weighted by atomic mass is 10.0. The Labute approximate surface area is 136 Å². The maximum absolute atomic E-state index is 9.12. The average molecular weight is 305 g/mol. The molecular formula is C19H19N3O. The number of anilines is 1. The fourth-order valence-electron chi connectivity index (χ4n) is 2.11. The average Bonchev–Trinajstić information content (AvgIpc) is 2.99. The van der Waals surface area contributed by atoms with Gasteiger partial charge in [0.05, 0.1) is 0 Å². The molecule has 3 aromatic rings. The van der Waals surface area contributed by atoms with E-state index < -0.39 is 0 Å². The van der Waals surface area contributed by atoms with Gasteiger partial charge in [-0.1, -0.05) is 44.2 Å². The number of ether oxygens (including phenoxy) is 1. The minimum absolute atomic E-state index is 0.386. The van der Waals surface area contributed by atoms with Gasteiger partial charge in [-0.05, 0) is 29.8 Å². The number of nitrogen functional groups attached to an aromatic ring is 1. The van der Waals surface area contributed by atoms with Crippen LogP contribution in [0.15, 0.2) is 60.8 Å². The van der Waals surface area contributed by atoms with Crippen molar-refractivity contribution in [2.24, 2.45) is 0 Å². The molecule has 3 N–H and O–H groups in total. The summed E-state index contributed by atoms with van der Waals surface area (Å²) in [6.07, 6.45) is 1.74. The molecule has 0 aliphatic heterocycles. The van der Waals surface area contributed by atoms with Crippen LogP contribution in [0.25, 0.3) is 11.1 Å². The normalized spacial score (nSPS) is 9.43. The number of aromatic amines is 1. The lowest BCUT2D eigenvalue weighted by molar-refractivity contribution is 0.483. The molecule has 23 heavy (non-hydrogen) atoms.